The zero-order valence-electron chi connectivity index (χ0n) is 12.3. The van der Waals surface area contributed by atoms with Crippen molar-refractivity contribution < 1.29 is 9.53 Å². The van der Waals surface area contributed by atoms with Gasteiger partial charge in [0.15, 0.2) is 0 Å². The van der Waals surface area contributed by atoms with Crippen molar-refractivity contribution in [2.75, 3.05) is 33.4 Å². The van der Waals surface area contributed by atoms with Crippen LogP contribution in [0.25, 0.3) is 0 Å². The second-order valence-electron chi connectivity index (χ2n) is 5.60. The lowest BCUT2D eigenvalue weighted by Crippen LogP contribution is -2.55. The first-order valence-electron chi connectivity index (χ1n) is 7.09. The minimum Gasteiger partial charge on any atom is -0.383 e. The molecule has 1 amide bonds. The number of rotatable bonds is 7. The zero-order chi connectivity index (χ0) is 13.6. The summed E-state index contributed by atoms with van der Waals surface area (Å²) in [6, 6.07) is 0. The molecule has 0 aromatic carbocycles. The molecular formula is C14H28N2O2. The van der Waals surface area contributed by atoms with E-state index in [0.717, 1.165) is 32.4 Å². The van der Waals surface area contributed by atoms with Crippen LogP contribution in [-0.4, -0.2) is 49.7 Å². The van der Waals surface area contributed by atoms with Gasteiger partial charge in [-0.05, 0) is 31.7 Å². The van der Waals surface area contributed by atoms with Gasteiger partial charge in [0, 0.05) is 20.2 Å². The van der Waals surface area contributed by atoms with Crippen molar-refractivity contribution in [2.45, 2.75) is 45.6 Å². The summed E-state index contributed by atoms with van der Waals surface area (Å²) < 4.78 is 5.12. The molecule has 1 N–H and O–H groups in total. The van der Waals surface area contributed by atoms with Crippen LogP contribution in [0, 0.1) is 5.92 Å². The number of methoxy groups -OCH3 is 1. The highest BCUT2D eigenvalue weighted by Gasteiger charge is 2.41. The van der Waals surface area contributed by atoms with Crippen LogP contribution in [0.2, 0.25) is 0 Å². The highest BCUT2D eigenvalue weighted by Crippen LogP contribution is 2.25. The summed E-state index contributed by atoms with van der Waals surface area (Å²) in [5, 5.41) is 3.42. The molecule has 0 aromatic heterocycles. The van der Waals surface area contributed by atoms with E-state index < -0.39 is 0 Å². The monoisotopic (exact) mass is 256 g/mol. The maximum Gasteiger partial charge on any atom is 0.242 e. The van der Waals surface area contributed by atoms with E-state index in [0.29, 0.717) is 19.1 Å². The fourth-order valence-corrected chi connectivity index (χ4v) is 2.66. The third-order valence-electron chi connectivity index (χ3n) is 3.69. The molecule has 1 aliphatic rings. The lowest BCUT2D eigenvalue weighted by atomic mass is 9.92. The van der Waals surface area contributed by atoms with Gasteiger partial charge in [-0.1, -0.05) is 20.8 Å². The summed E-state index contributed by atoms with van der Waals surface area (Å²) in [6.07, 6.45) is 2.93. The van der Waals surface area contributed by atoms with E-state index in [1.807, 2.05) is 4.90 Å². The van der Waals surface area contributed by atoms with Gasteiger partial charge in [0.05, 0.1) is 12.1 Å². The fraction of sp³-hybridized carbons (Fsp3) is 0.929. The van der Waals surface area contributed by atoms with Crippen molar-refractivity contribution in [3.05, 3.63) is 0 Å². The predicted octanol–water partition coefficient (Wildman–Crippen LogP) is 1.65. The topological polar surface area (TPSA) is 41.6 Å². The molecule has 1 heterocycles. The number of hydrogen-bond acceptors (Lipinski definition) is 3. The first kappa shape index (κ1) is 15.4. The highest BCUT2D eigenvalue weighted by molar-refractivity contribution is 5.86. The molecule has 1 rings (SSSR count). The Morgan fingerprint density at radius 3 is 2.67 bits per heavy atom. The summed E-state index contributed by atoms with van der Waals surface area (Å²) in [5.41, 5.74) is -0.317. The van der Waals surface area contributed by atoms with Gasteiger partial charge in [0.25, 0.3) is 0 Å². The number of carbonyl (C=O) groups is 1. The van der Waals surface area contributed by atoms with Crippen LogP contribution in [0.4, 0.5) is 0 Å². The molecule has 0 radical (unpaired) electrons. The maximum atomic E-state index is 12.7. The lowest BCUT2D eigenvalue weighted by molar-refractivity contribution is -0.139. The normalized spacial score (nSPS) is 23.6. The summed E-state index contributed by atoms with van der Waals surface area (Å²) in [4.78, 5) is 14.7. The van der Waals surface area contributed by atoms with E-state index in [-0.39, 0.29) is 11.4 Å². The molecule has 1 atom stereocenters. The summed E-state index contributed by atoms with van der Waals surface area (Å²) in [6.45, 7) is 9.46. The van der Waals surface area contributed by atoms with Crippen LogP contribution < -0.4 is 5.32 Å². The van der Waals surface area contributed by atoms with Crippen LogP contribution in [0.1, 0.15) is 40.0 Å². The van der Waals surface area contributed by atoms with Crippen molar-refractivity contribution >= 4 is 5.91 Å². The fourth-order valence-electron chi connectivity index (χ4n) is 2.66. The van der Waals surface area contributed by atoms with Crippen molar-refractivity contribution in [1.82, 2.24) is 10.2 Å². The van der Waals surface area contributed by atoms with Crippen molar-refractivity contribution in [3.8, 4) is 0 Å². The molecule has 0 bridgehead atoms. The second-order valence-corrected chi connectivity index (χ2v) is 5.60. The summed E-state index contributed by atoms with van der Waals surface area (Å²) >= 11 is 0. The van der Waals surface area contributed by atoms with Gasteiger partial charge in [-0.2, -0.15) is 0 Å². The molecule has 1 unspecified atom stereocenters. The summed E-state index contributed by atoms with van der Waals surface area (Å²) in [7, 11) is 1.68. The Bertz CT molecular complexity index is 261. The molecule has 1 aliphatic heterocycles. The number of ether oxygens (including phenoxy) is 1. The lowest BCUT2D eigenvalue weighted by Gasteiger charge is -2.34. The Labute approximate surface area is 111 Å². The van der Waals surface area contributed by atoms with Crippen molar-refractivity contribution in [1.29, 1.82) is 0 Å². The first-order valence-corrected chi connectivity index (χ1v) is 7.09. The van der Waals surface area contributed by atoms with Gasteiger partial charge in [-0.3, -0.25) is 4.79 Å². The minimum absolute atomic E-state index is 0.258. The Kier molecular flexibility index (Phi) is 6.09. The molecule has 0 aromatic rings. The molecule has 0 aliphatic carbocycles. The second kappa shape index (κ2) is 7.10. The summed E-state index contributed by atoms with van der Waals surface area (Å²) in [5.74, 6) is 0.745. The molecule has 18 heavy (non-hydrogen) atoms. The number of carbonyl (C=O) groups excluding carboxylic acids is 1. The van der Waals surface area contributed by atoms with Gasteiger partial charge >= 0.3 is 0 Å². The zero-order valence-corrected chi connectivity index (χ0v) is 12.3. The highest BCUT2D eigenvalue weighted by atomic mass is 16.5. The smallest absolute Gasteiger partial charge is 0.242 e. The molecule has 1 fully saturated rings. The van der Waals surface area contributed by atoms with Gasteiger partial charge < -0.3 is 15.0 Å². The Hall–Kier alpha value is -0.610. The van der Waals surface area contributed by atoms with Gasteiger partial charge in [0.2, 0.25) is 5.91 Å². The average molecular weight is 256 g/mol. The largest absolute Gasteiger partial charge is 0.383 e. The van der Waals surface area contributed by atoms with Crippen LogP contribution >= 0.6 is 0 Å². The number of nitrogens with one attached hydrogen (secondary N) is 1. The Balaban J connectivity index is 2.72. The predicted molar refractivity (Wildman–Crippen MR) is 73.6 cm³/mol. The molecule has 106 valence electrons. The third kappa shape index (κ3) is 3.69. The SMILES string of the molecule is CCC1(C(=O)N(CCOC)CC(C)C)CCCN1. The van der Waals surface area contributed by atoms with Gasteiger partial charge in [-0.25, -0.2) is 0 Å². The Morgan fingerprint density at radius 1 is 1.50 bits per heavy atom. The number of hydrogen-bond donors (Lipinski definition) is 1. The van der Waals surface area contributed by atoms with Crippen LogP contribution in [-0.2, 0) is 9.53 Å². The first-order chi connectivity index (χ1) is 8.55. The molecule has 4 heteroatoms. The molecule has 1 saturated heterocycles. The van der Waals surface area contributed by atoms with Crippen molar-refractivity contribution in [2.24, 2.45) is 5.92 Å². The standard InChI is InChI=1S/C14H28N2O2/c1-5-14(7-6-8-15-14)13(17)16(9-10-18-4)11-12(2)3/h12,15H,5-11H2,1-4H3. The maximum absolute atomic E-state index is 12.7. The minimum atomic E-state index is -0.317. The van der Waals surface area contributed by atoms with Crippen molar-refractivity contribution in [3.63, 3.8) is 0 Å². The number of amides is 1. The Morgan fingerprint density at radius 2 is 2.22 bits per heavy atom. The molecule has 0 spiro atoms. The average Bonchev–Trinajstić information content (AvgIpc) is 2.83. The van der Waals surface area contributed by atoms with Crippen LogP contribution in [0.15, 0.2) is 0 Å². The molecule has 4 nitrogen and oxygen atoms in total. The van der Waals surface area contributed by atoms with E-state index >= 15 is 0 Å². The number of nitrogens with zero attached hydrogens (tertiary/aromatic N) is 1. The van der Waals surface area contributed by atoms with E-state index in [2.05, 4.69) is 26.1 Å². The van der Waals surface area contributed by atoms with E-state index in [4.69, 9.17) is 4.74 Å². The van der Waals surface area contributed by atoms with Gasteiger partial charge in [0.1, 0.15) is 0 Å². The van der Waals surface area contributed by atoms with Gasteiger partial charge in [-0.15, -0.1) is 0 Å². The molecule has 0 saturated carbocycles. The molecular weight excluding hydrogens is 228 g/mol. The quantitative estimate of drug-likeness (QED) is 0.753. The van der Waals surface area contributed by atoms with E-state index in [9.17, 15) is 4.79 Å². The van der Waals surface area contributed by atoms with E-state index in [1.54, 1.807) is 7.11 Å². The third-order valence-corrected chi connectivity index (χ3v) is 3.69. The van der Waals surface area contributed by atoms with Crippen LogP contribution in [0.3, 0.4) is 0 Å². The van der Waals surface area contributed by atoms with Crippen LogP contribution in [0.5, 0.6) is 0 Å². The van der Waals surface area contributed by atoms with E-state index in [1.165, 1.54) is 0 Å².